The van der Waals surface area contributed by atoms with Crippen molar-refractivity contribution < 1.29 is 14.3 Å². The van der Waals surface area contributed by atoms with E-state index in [0.717, 1.165) is 22.6 Å². The van der Waals surface area contributed by atoms with Crippen molar-refractivity contribution in [2.24, 2.45) is 0 Å². The molecule has 0 bridgehead atoms. The average Bonchev–Trinajstić information content (AvgIpc) is 3.30. The van der Waals surface area contributed by atoms with Crippen LogP contribution in [0.3, 0.4) is 0 Å². The largest absolute Gasteiger partial charge is 0.497 e. The summed E-state index contributed by atoms with van der Waals surface area (Å²) in [5.41, 5.74) is 2.88. The standard InChI is InChI=1S/C31H41N3O3/c1-24(2)33(29(35)18-17-25-12-8-7-9-13-25)23-30(36)34(31(3,4)5)22-27-15-11-19-32(27)21-26-14-10-16-28(20-26)37-6/h7-16,19-20,24H,17-18,21-23H2,1-6H3. The summed E-state index contributed by atoms with van der Waals surface area (Å²) in [4.78, 5) is 30.4. The zero-order valence-corrected chi connectivity index (χ0v) is 23.1. The summed E-state index contributed by atoms with van der Waals surface area (Å²) in [5.74, 6) is 0.772. The molecule has 0 aliphatic carbocycles. The van der Waals surface area contributed by atoms with Gasteiger partial charge in [0.2, 0.25) is 11.8 Å². The Morgan fingerprint density at radius 3 is 2.27 bits per heavy atom. The molecule has 0 aliphatic heterocycles. The fourth-order valence-corrected chi connectivity index (χ4v) is 4.41. The van der Waals surface area contributed by atoms with E-state index in [2.05, 4.69) is 16.7 Å². The number of carbonyl (C=O) groups excluding carboxylic acids is 2. The third-order valence-corrected chi connectivity index (χ3v) is 6.56. The van der Waals surface area contributed by atoms with Crippen LogP contribution in [0.2, 0.25) is 0 Å². The maximum Gasteiger partial charge on any atom is 0.242 e. The molecule has 0 radical (unpaired) electrons. The Hall–Kier alpha value is -3.54. The van der Waals surface area contributed by atoms with Crippen LogP contribution >= 0.6 is 0 Å². The summed E-state index contributed by atoms with van der Waals surface area (Å²) in [6, 6.07) is 22.0. The van der Waals surface area contributed by atoms with Crippen molar-refractivity contribution in [1.29, 1.82) is 0 Å². The fraction of sp³-hybridized carbons (Fsp3) is 0.419. The van der Waals surface area contributed by atoms with E-state index in [9.17, 15) is 9.59 Å². The second kappa shape index (κ2) is 12.6. The highest BCUT2D eigenvalue weighted by molar-refractivity contribution is 5.85. The molecule has 0 N–H and O–H groups in total. The molecule has 0 atom stereocenters. The van der Waals surface area contributed by atoms with Gasteiger partial charge in [-0.15, -0.1) is 0 Å². The van der Waals surface area contributed by atoms with Gasteiger partial charge in [-0.3, -0.25) is 9.59 Å². The number of hydrogen-bond acceptors (Lipinski definition) is 3. The molecule has 6 heteroatoms. The van der Waals surface area contributed by atoms with Crippen molar-refractivity contribution in [2.75, 3.05) is 13.7 Å². The zero-order chi connectivity index (χ0) is 27.0. The molecule has 0 saturated heterocycles. The monoisotopic (exact) mass is 503 g/mol. The first-order valence-electron chi connectivity index (χ1n) is 13.0. The van der Waals surface area contributed by atoms with E-state index in [1.54, 1.807) is 12.0 Å². The first-order valence-corrected chi connectivity index (χ1v) is 13.0. The number of hydrogen-bond donors (Lipinski definition) is 0. The molecule has 6 nitrogen and oxygen atoms in total. The number of aryl methyl sites for hydroxylation is 1. The van der Waals surface area contributed by atoms with Crippen LogP contribution in [-0.4, -0.2) is 51.4 Å². The quantitative estimate of drug-likeness (QED) is 0.345. The van der Waals surface area contributed by atoms with Crippen LogP contribution in [0.4, 0.5) is 0 Å². The first kappa shape index (κ1) is 28.0. The van der Waals surface area contributed by atoms with Crippen LogP contribution in [0, 0.1) is 0 Å². The minimum absolute atomic E-state index is 0.00228. The number of carbonyl (C=O) groups is 2. The molecule has 0 saturated carbocycles. The molecule has 2 amide bonds. The van der Waals surface area contributed by atoms with E-state index in [1.807, 2.05) is 100 Å². The summed E-state index contributed by atoms with van der Waals surface area (Å²) in [6.07, 6.45) is 3.08. The van der Waals surface area contributed by atoms with Crippen LogP contribution in [-0.2, 0) is 29.1 Å². The maximum absolute atomic E-state index is 13.7. The summed E-state index contributed by atoms with van der Waals surface area (Å²) in [7, 11) is 1.67. The van der Waals surface area contributed by atoms with E-state index < -0.39 is 5.54 Å². The smallest absolute Gasteiger partial charge is 0.242 e. The molecule has 3 aromatic rings. The normalized spacial score (nSPS) is 11.4. The second-order valence-corrected chi connectivity index (χ2v) is 10.7. The summed E-state index contributed by atoms with van der Waals surface area (Å²) in [5, 5.41) is 0. The highest BCUT2D eigenvalue weighted by Gasteiger charge is 2.30. The van der Waals surface area contributed by atoms with Gasteiger partial charge in [0, 0.05) is 36.4 Å². The Kier molecular flexibility index (Phi) is 9.56. The molecule has 37 heavy (non-hydrogen) atoms. The van der Waals surface area contributed by atoms with E-state index in [0.29, 0.717) is 25.9 Å². The third-order valence-electron chi connectivity index (χ3n) is 6.56. The number of amides is 2. The van der Waals surface area contributed by atoms with Crippen LogP contribution < -0.4 is 4.74 Å². The van der Waals surface area contributed by atoms with Crippen molar-refractivity contribution >= 4 is 11.8 Å². The zero-order valence-electron chi connectivity index (χ0n) is 23.1. The highest BCUT2D eigenvalue weighted by Crippen LogP contribution is 2.21. The molecule has 0 unspecified atom stereocenters. The van der Waals surface area contributed by atoms with Gasteiger partial charge >= 0.3 is 0 Å². The lowest BCUT2D eigenvalue weighted by atomic mass is 10.0. The number of methoxy groups -OCH3 is 1. The molecular weight excluding hydrogens is 462 g/mol. The van der Waals surface area contributed by atoms with Gasteiger partial charge < -0.3 is 19.1 Å². The number of benzene rings is 2. The molecule has 2 aromatic carbocycles. The Balaban J connectivity index is 1.72. The topological polar surface area (TPSA) is 54.8 Å². The van der Waals surface area contributed by atoms with Gasteiger partial charge in [-0.2, -0.15) is 0 Å². The fourth-order valence-electron chi connectivity index (χ4n) is 4.41. The molecule has 1 heterocycles. The van der Waals surface area contributed by atoms with Crippen molar-refractivity contribution in [3.63, 3.8) is 0 Å². The molecule has 0 aliphatic rings. The van der Waals surface area contributed by atoms with Gasteiger partial charge in [0.05, 0.1) is 13.7 Å². The molecule has 198 valence electrons. The Morgan fingerprint density at radius 2 is 1.62 bits per heavy atom. The van der Waals surface area contributed by atoms with Gasteiger partial charge in [0.1, 0.15) is 12.3 Å². The summed E-state index contributed by atoms with van der Waals surface area (Å²) >= 11 is 0. The predicted molar refractivity (Wildman–Crippen MR) is 148 cm³/mol. The van der Waals surface area contributed by atoms with Crippen molar-refractivity contribution in [3.8, 4) is 5.75 Å². The highest BCUT2D eigenvalue weighted by atomic mass is 16.5. The predicted octanol–water partition coefficient (Wildman–Crippen LogP) is 5.54. The maximum atomic E-state index is 13.7. The van der Waals surface area contributed by atoms with Crippen LogP contribution in [0.1, 0.15) is 57.9 Å². The van der Waals surface area contributed by atoms with Crippen molar-refractivity contribution in [1.82, 2.24) is 14.4 Å². The van der Waals surface area contributed by atoms with Gasteiger partial charge in [-0.05, 0) is 76.4 Å². The molecule has 1 aromatic heterocycles. The van der Waals surface area contributed by atoms with Crippen molar-refractivity contribution in [3.05, 3.63) is 89.7 Å². The lowest BCUT2D eigenvalue weighted by Gasteiger charge is -2.38. The minimum Gasteiger partial charge on any atom is -0.497 e. The Bertz CT molecular complexity index is 1160. The lowest BCUT2D eigenvalue weighted by Crippen LogP contribution is -2.51. The first-order chi connectivity index (χ1) is 17.6. The van der Waals surface area contributed by atoms with E-state index in [4.69, 9.17) is 4.74 Å². The van der Waals surface area contributed by atoms with Gasteiger partial charge in [0.15, 0.2) is 0 Å². The average molecular weight is 504 g/mol. The molecule has 3 rings (SSSR count). The summed E-state index contributed by atoms with van der Waals surface area (Å²) < 4.78 is 7.53. The lowest BCUT2D eigenvalue weighted by molar-refractivity contribution is -0.145. The van der Waals surface area contributed by atoms with E-state index >= 15 is 0 Å². The molecular formula is C31H41N3O3. The van der Waals surface area contributed by atoms with Gasteiger partial charge in [0.25, 0.3) is 0 Å². The van der Waals surface area contributed by atoms with Crippen molar-refractivity contribution in [2.45, 2.75) is 72.1 Å². The minimum atomic E-state index is -0.405. The molecule has 0 spiro atoms. The van der Waals surface area contributed by atoms with Crippen LogP contribution in [0.25, 0.3) is 0 Å². The van der Waals surface area contributed by atoms with E-state index in [-0.39, 0.29) is 24.4 Å². The second-order valence-electron chi connectivity index (χ2n) is 10.7. The number of rotatable bonds is 11. The number of nitrogens with zero attached hydrogens (tertiary/aromatic N) is 3. The Morgan fingerprint density at radius 1 is 0.919 bits per heavy atom. The Labute approximate surface area is 221 Å². The third kappa shape index (κ3) is 7.97. The van der Waals surface area contributed by atoms with Gasteiger partial charge in [-0.25, -0.2) is 0 Å². The van der Waals surface area contributed by atoms with E-state index in [1.165, 1.54) is 0 Å². The number of ether oxygens (including phenoxy) is 1. The number of aromatic nitrogens is 1. The van der Waals surface area contributed by atoms with Gasteiger partial charge in [-0.1, -0.05) is 42.5 Å². The summed E-state index contributed by atoms with van der Waals surface area (Å²) in [6.45, 7) is 11.3. The van der Waals surface area contributed by atoms with Crippen LogP contribution in [0.5, 0.6) is 5.75 Å². The SMILES string of the molecule is COc1cccc(Cn2cccc2CN(C(=O)CN(C(=O)CCc2ccccc2)C(C)C)C(C)(C)C)c1. The van der Waals surface area contributed by atoms with Crippen LogP contribution in [0.15, 0.2) is 72.9 Å². The molecule has 0 fully saturated rings.